The van der Waals surface area contributed by atoms with Crippen molar-refractivity contribution in [3.63, 3.8) is 0 Å². The number of hydrazine groups is 1. The molecule has 2 fully saturated rings. The van der Waals surface area contributed by atoms with Gasteiger partial charge in [-0.1, -0.05) is 18.0 Å². The number of morpholine rings is 1. The minimum atomic E-state index is -3.60. The van der Waals surface area contributed by atoms with Gasteiger partial charge in [0.05, 0.1) is 28.8 Å². The number of thiocarbonyl (C=S) groups is 1. The molecular weight excluding hydrogens is 420 g/mol. The van der Waals surface area contributed by atoms with Gasteiger partial charge in [-0.2, -0.15) is 4.31 Å². The van der Waals surface area contributed by atoms with E-state index in [1.807, 2.05) is 0 Å². The van der Waals surface area contributed by atoms with Crippen molar-refractivity contribution in [3.8, 4) is 0 Å². The second-order valence-electron chi connectivity index (χ2n) is 7.26. The molecule has 3 rings (SSSR count). The molecule has 0 bridgehead atoms. The largest absolute Gasteiger partial charge is 0.379 e. The highest BCUT2D eigenvalue weighted by molar-refractivity contribution is 7.89. The van der Waals surface area contributed by atoms with Crippen LogP contribution in [0.2, 0.25) is 5.02 Å². The summed E-state index contributed by atoms with van der Waals surface area (Å²) in [5.41, 5.74) is 3.70. The maximum absolute atomic E-state index is 12.9. The van der Waals surface area contributed by atoms with Gasteiger partial charge >= 0.3 is 0 Å². The Labute approximate surface area is 177 Å². The highest BCUT2D eigenvalue weighted by Crippen LogP contribution is 2.28. The lowest BCUT2D eigenvalue weighted by molar-refractivity contribution is 0.0730. The van der Waals surface area contributed by atoms with E-state index >= 15 is 0 Å². The molecule has 0 radical (unpaired) electrons. The predicted octanol–water partition coefficient (Wildman–Crippen LogP) is 2.83. The first kappa shape index (κ1) is 21.7. The van der Waals surface area contributed by atoms with E-state index in [-0.39, 0.29) is 4.90 Å². The molecule has 1 aromatic rings. The zero-order chi connectivity index (χ0) is 20.3. The van der Waals surface area contributed by atoms with Gasteiger partial charge in [0.25, 0.3) is 0 Å². The number of hydrogen-bond acceptors (Lipinski definition) is 5. The number of sulfonamides is 1. The van der Waals surface area contributed by atoms with Crippen molar-refractivity contribution in [2.45, 2.75) is 50.1 Å². The average molecular weight is 447 g/mol. The Bertz CT molecular complexity index is 805. The third-order valence-corrected chi connectivity index (χ3v) is 7.64. The van der Waals surface area contributed by atoms with Gasteiger partial charge in [-0.05, 0) is 57.1 Å². The minimum Gasteiger partial charge on any atom is -0.379 e. The number of piperidine rings is 1. The summed E-state index contributed by atoms with van der Waals surface area (Å²) in [6.45, 7) is 5.81. The third kappa shape index (κ3) is 4.95. The van der Waals surface area contributed by atoms with Crippen molar-refractivity contribution in [2.24, 2.45) is 0 Å². The quantitative estimate of drug-likeness (QED) is 0.689. The van der Waals surface area contributed by atoms with Crippen LogP contribution in [-0.4, -0.2) is 61.2 Å². The van der Waals surface area contributed by atoms with Gasteiger partial charge in [0.15, 0.2) is 5.11 Å². The van der Waals surface area contributed by atoms with E-state index in [0.717, 1.165) is 12.8 Å². The summed E-state index contributed by atoms with van der Waals surface area (Å²) in [7, 11) is -3.60. The molecule has 2 aliphatic heterocycles. The van der Waals surface area contributed by atoms with Crippen LogP contribution in [0.25, 0.3) is 0 Å². The first-order chi connectivity index (χ1) is 13.3. The van der Waals surface area contributed by atoms with E-state index in [2.05, 4.69) is 29.6 Å². The van der Waals surface area contributed by atoms with Gasteiger partial charge in [0.2, 0.25) is 10.0 Å². The first-order valence-electron chi connectivity index (χ1n) is 9.52. The van der Waals surface area contributed by atoms with Crippen molar-refractivity contribution in [2.75, 3.05) is 31.6 Å². The molecule has 2 N–H and O–H groups in total. The molecule has 0 aromatic heterocycles. The van der Waals surface area contributed by atoms with Crippen molar-refractivity contribution >= 4 is 44.6 Å². The summed E-state index contributed by atoms with van der Waals surface area (Å²) in [5.74, 6) is 0. The molecule has 0 saturated carbocycles. The van der Waals surface area contributed by atoms with Gasteiger partial charge in [0.1, 0.15) is 0 Å². The van der Waals surface area contributed by atoms with Crippen LogP contribution in [0.4, 0.5) is 5.69 Å². The molecule has 2 aliphatic rings. The maximum Gasteiger partial charge on any atom is 0.243 e. The number of nitrogens with one attached hydrogen (secondary N) is 2. The van der Waals surface area contributed by atoms with Crippen LogP contribution in [0.5, 0.6) is 0 Å². The second-order valence-corrected chi connectivity index (χ2v) is 10.0. The molecule has 10 heteroatoms. The molecule has 1 aromatic carbocycles. The number of benzene rings is 1. The maximum atomic E-state index is 12.9. The van der Waals surface area contributed by atoms with E-state index in [4.69, 9.17) is 28.6 Å². The Kier molecular flexibility index (Phi) is 7.17. The van der Waals surface area contributed by atoms with E-state index in [0.29, 0.717) is 54.2 Å². The molecule has 28 heavy (non-hydrogen) atoms. The Morgan fingerprint density at radius 1 is 1.21 bits per heavy atom. The Balaban J connectivity index is 1.73. The number of ether oxygens (including phenoxy) is 1. The minimum absolute atomic E-state index is 0.184. The van der Waals surface area contributed by atoms with Crippen LogP contribution in [-0.2, 0) is 14.8 Å². The lowest BCUT2D eigenvalue weighted by Crippen LogP contribution is -2.55. The summed E-state index contributed by atoms with van der Waals surface area (Å²) >= 11 is 11.7. The Morgan fingerprint density at radius 3 is 2.50 bits per heavy atom. The second kappa shape index (κ2) is 9.23. The van der Waals surface area contributed by atoms with Gasteiger partial charge in [-0.3, -0.25) is 5.43 Å². The molecule has 2 saturated heterocycles. The summed E-state index contributed by atoms with van der Waals surface area (Å²) in [6.07, 6.45) is 3.41. The summed E-state index contributed by atoms with van der Waals surface area (Å²) in [4.78, 5) is 0.184. The van der Waals surface area contributed by atoms with Crippen molar-refractivity contribution in [1.29, 1.82) is 0 Å². The van der Waals surface area contributed by atoms with E-state index in [1.54, 1.807) is 6.07 Å². The third-order valence-electron chi connectivity index (χ3n) is 5.22. The normalized spacial score (nSPS) is 24.7. The van der Waals surface area contributed by atoms with Crippen molar-refractivity contribution in [3.05, 3.63) is 23.2 Å². The zero-order valence-corrected chi connectivity index (χ0v) is 18.5. The number of anilines is 1. The number of hydrogen-bond donors (Lipinski definition) is 2. The number of rotatable bonds is 4. The number of halogens is 1. The smallest absolute Gasteiger partial charge is 0.243 e. The fraction of sp³-hybridized carbons (Fsp3) is 0.611. The molecule has 0 spiro atoms. The van der Waals surface area contributed by atoms with Gasteiger partial charge < -0.3 is 10.1 Å². The fourth-order valence-corrected chi connectivity index (χ4v) is 5.42. The van der Waals surface area contributed by atoms with Gasteiger partial charge in [-0.15, -0.1) is 0 Å². The summed E-state index contributed by atoms with van der Waals surface area (Å²) in [5, 5.41) is 5.99. The summed E-state index contributed by atoms with van der Waals surface area (Å²) < 4.78 is 32.4. The highest BCUT2D eigenvalue weighted by Gasteiger charge is 2.28. The molecule has 0 amide bonds. The average Bonchev–Trinajstić information content (AvgIpc) is 2.67. The molecule has 2 atom stereocenters. The summed E-state index contributed by atoms with van der Waals surface area (Å²) in [6, 6.07) is 5.36. The van der Waals surface area contributed by atoms with Crippen LogP contribution in [0.15, 0.2) is 23.1 Å². The Morgan fingerprint density at radius 2 is 1.86 bits per heavy atom. The monoisotopic (exact) mass is 446 g/mol. The van der Waals surface area contributed by atoms with E-state index in [1.165, 1.54) is 22.9 Å². The fourth-order valence-electron chi connectivity index (χ4n) is 3.61. The van der Waals surface area contributed by atoms with Crippen LogP contribution in [0, 0.1) is 0 Å². The highest BCUT2D eigenvalue weighted by atomic mass is 35.5. The lowest BCUT2D eigenvalue weighted by atomic mass is 10.00. The van der Waals surface area contributed by atoms with Crippen LogP contribution in [0.1, 0.15) is 33.1 Å². The number of nitrogens with zero attached hydrogens (tertiary/aromatic N) is 2. The molecular formula is C18H27ClN4O3S2. The molecule has 156 valence electrons. The standard InChI is InChI=1S/C18H27ClN4O3S2/c1-13-4-3-5-14(2)23(13)21-18(27)20-17-12-15(6-7-16(17)19)28(24,25)22-8-10-26-11-9-22/h6-7,12-14H,3-5,8-11H2,1-2H3,(H2,20,21,27). The van der Waals surface area contributed by atoms with E-state index < -0.39 is 10.0 Å². The Hall–Kier alpha value is -0.970. The van der Waals surface area contributed by atoms with Gasteiger partial charge in [-0.25, -0.2) is 13.4 Å². The van der Waals surface area contributed by atoms with Crippen LogP contribution < -0.4 is 10.7 Å². The molecule has 0 aliphatic carbocycles. The van der Waals surface area contributed by atoms with Crippen LogP contribution in [0.3, 0.4) is 0 Å². The molecule has 2 heterocycles. The predicted molar refractivity (Wildman–Crippen MR) is 115 cm³/mol. The van der Waals surface area contributed by atoms with Crippen molar-refractivity contribution < 1.29 is 13.2 Å². The first-order valence-corrected chi connectivity index (χ1v) is 11.7. The molecule has 7 nitrogen and oxygen atoms in total. The van der Waals surface area contributed by atoms with E-state index in [9.17, 15) is 8.42 Å². The topological polar surface area (TPSA) is 73.9 Å². The van der Waals surface area contributed by atoms with Gasteiger partial charge in [0, 0.05) is 25.2 Å². The zero-order valence-electron chi connectivity index (χ0n) is 16.2. The van der Waals surface area contributed by atoms with Crippen LogP contribution >= 0.6 is 23.8 Å². The van der Waals surface area contributed by atoms with Crippen molar-refractivity contribution in [1.82, 2.24) is 14.7 Å². The SMILES string of the molecule is CC1CCCC(C)N1NC(=S)Nc1cc(S(=O)(=O)N2CCOCC2)ccc1Cl. The lowest BCUT2D eigenvalue weighted by Gasteiger charge is -2.39. The molecule has 2 unspecified atom stereocenters.